The molecular formula is C31H39FN4O7S. The van der Waals surface area contributed by atoms with Crippen LogP contribution in [0.5, 0.6) is 0 Å². The molecule has 0 radical (unpaired) electrons. The molecule has 2 aliphatic rings. The number of hydrogen-bond acceptors (Lipinski definition) is 10. The highest BCUT2D eigenvalue weighted by molar-refractivity contribution is 7.93. The van der Waals surface area contributed by atoms with Crippen molar-refractivity contribution in [3.8, 4) is 0 Å². The number of nitrogens with one attached hydrogen (secondary N) is 1. The second-order valence-corrected chi connectivity index (χ2v) is 15.8. The number of aromatic nitrogens is 1. The standard InChI is InChI=1S/C31H39FN4O7S/c1-19-9-12-23(34-15-19)24(37)14-20-10-11-22(32)21(13-20)30(8)18-44(40,41)31(16-33-17-31)25(35-30)36(26(38)42-28(2,3)4)27(39)43-29(5,6)7/h9-13,15,33H,14,16-18H2,1-8H3/t30-/m0/s1. The summed E-state index contributed by atoms with van der Waals surface area (Å²) in [6, 6.07) is 7.32. The molecule has 4 rings (SSSR count). The van der Waals surface area contributed by atoms with Gasteiger partial charge in [0.05, 0.1) is 5.75 Å². The van der Waals surface area contributed by atoms with Crippen molar-refractivity contribution in [3.63, 3.8) is 0 Å². The first kappa shape index (κ1) is 33.2. The second-order valence-electron chi connectivity index (χ2n) is 13.5. The average molecular weight is 631 g/mol. The number of nitrogens with zero attached hydrogens (tertiary/aromatic N) is 3. The van der Waals surface area contributed by atoms with E-state index in [1.54, 1.807) is 59.9 Å². The van der Waals surface area contributed by atoms with Gasteiger partial charge in [-0.2, -0.15) is 4.90 Å². The Kier molecular flexibility index (Phi) is 8.55. The zero-order chi connectivity index (χ0) is 32.9. The Bertz CT molecular complexity index is 1590. The number of carbonyl (C=O) groups excluding carboxylic acids is 3. The SMILES string of the molecule is Cc1ccc(C(=O)Cc2ccc(F)c([C@]3(C)CS(=O)(=O)C4(CNC4)C(N(C(=O)OC(C)(C)C)C(=O)OC(C)(C)C)=N3)c2)nc1. The number of pyridine rings is 1. The molecule has 1 aromatic carbocycles. The molecule has 1 saturated heterocycles. The van der Waals surface area contributed by atoms with Gasteiger partial charge in [-0.05, 0) is 84.7 Å². The van der Waals surface area contributed by atoms with Crippen LogP contribution in [0.15, 0.2) is 41.5 Å². The minimum absolute atomic E-state index is 0.115. The molecule has 1 aromatic heterocycles. The summed E-state index contributed by atoms with van der Waals surface area (Å²) in [5.74, 6) is -2.11. The van der Waals surface area contributed by atoms with Crippen molar-refractivity contribution < 1.29 is 36.7 Å². The molecule has 0 saturated carbocycles. The van der Waals surface area contributed by atoms with Gasteiger partial charge in [0.2, 0.25) is 0 Å². The van der Waals surface area contributed by atoms with Gasteiger partial charge in [-0.25, -0.2) is 22.4 Å². The predicted octanol–water partition coefficient (Wildman–Crippen LogP) is 4.51. The molecular weight excluding hydrogens is 591 g/mol. The number of ether oxygens (including phenoxy) is 2. The number of carbonyl (C=O) groups is 3. The van der Waals surface area contributed by atoms with Crippen molar-refractivity contribution in [1.82, 2.24) is 15.2 Å². The first-order valence-corrected chi connectivity index (χ1v) is 15.9. The fourth-order valence-corrected chi connectivity index (χ4v) is 7.30. The number of imide groups is 1. The topological polar surface area (TPSA) is 144 Å². The van der Waals surface area contributed by atoms with E-state index in [0.29, 0.717) is 10.5 Å². The number of Topliss-reactive ketones (excluding diaryl/α,β-unsaturated/α-hetero) is 1. The normalized spacial score (nSPS) is 20.7. The van der Waals surface area contributed by atoms with Gasteiger partial charge in [0.25, 0.3) is 0 Å². The summed E-state index contributed by atoms with van der Waals surface area (Å²) in [7, 11) is -4.18. The number of hydrogen-bond donors (Lipinski definition) is 1. The van der Waals surface area contributed by atoms with Gasteiger partial charge in [0.15, 0.2) is 20.4 Å². The Labute approximate surface area is 257 Å². The maximum Gasteiger partial charge on any atom is 0.425 e. The smallest absolute Gasteiger partial charge is 0.425 e. The number of aliphatic imine (C=N–C) groups is 1. The van der Waals surface area contributed by atoms with Crippen molar-refractivity contribution in [3.05, 3.63) is 64.7 Å². The van der Waals surface area contributed by atoms with Gasteiger partial charge in [-0.15, -0.1) is 0 Å². The summed E-state index contributed by atoms with van der Waals surface area (Å²) in [4.78, 5) is 49.4. The summed E-state index contributed by atoms with van der Waals surface area (Å²) in [6.45, 7) is 12.6. The highest BCUT2D eigenvalue weighted by Gasteiger charge is 2.62. The van der Waals surface area contributed by atoms with E-state index < -0.39 is 60.9 Å². The Morgan fingerprint density at radius 1 is 1.00 bits per heavy atom. The van der Waals surface area contributed by atoms with Crippen LogP contribution in [0.4, 0.5) is 14.0 Å². The monoisotopic (exact) mass is 630 g/mol. The van der Waals surface area contributed by atoms with Crippen molar-refractivity contribution in [2.75, 3.05) is 18.8 Å². The Morgan fingerprint density at radius 2 is 1.59 bits per heavy atom. The molecule has 238 valence electrons. The van der Waals surface area contributed by atoms with Gasteiger partial charge >= 0.3 is 12.2 Å². The lowest BCUT2D eigenvalue weighted by molar-refractivity contribution is 0.0135. The van der Waals surface area contributed by atoms with Crippen LogP contribution in [-0.2, 0) is 31.3 Å². The number of rotatable bonds is 4. The molecule has 0 bridgehead atoms. The fourth-order valence-electron chi connectivity index (χ4n) is 5.00. The van der Waals surface area contributed by atoms with E-state index in [4.69, 9.17) is 14.5 Å². The van der Waals surface area contributed by atoms with Gasteiger partial charge in [0, 0.05) is 31.3 Å². The number of aryl methyl sites for hydroxylation is 1. The van der Waals surface area contributed by atoms with E-state index in [9.17, 15) is 22.8 Å². The zero-order valence-corrected chi connectivity index (χ0v) is 27.1. The van der Waals surface area contributed by atoms with Crippen LogP contribution in [-0.4, -0.2) is 76.9 Å². The molecule has 1 N–H and O–H groups in total. The van der Waals surface area contributed by atoms with Crippen LogP contribution in [0, 0.1) is 12.7 Å². The number of amidine groups is 1. The number of benzene rings is 1. The lowest BCUT2D eigenvalue weighted by atomic mass is 9.89. The average Bonchev–Trinajstić information content (AvgIpc) is 2.81. The molecule has 1 fully saturated rings. The van der Waals surface area contributed by atoms with Crippen LogP contribution < -0.4 is 5.32 Å². The summed E-state index contributed by atoms with van der Waals surface area (Å²) >= 11 is 0. The Hall–Kier alpha value is -3.71. The van der Waals surface area contributed by atoms with E-state index in [0.717, 1.165) is 11.6 Å². The molecule has 13 heteroatoms. The summed E-state index contributed by atoms with van der Waals surface area (Å²) in [5.41, 5.74) is -2.49. The van der Waals surface area contributed by atoms with E-state index in [1.807, 2.05) is 6.92 Å². The molecule has 1 spiro atoms. The fraction of sp³-hybridized carbons (Fsp3) is 0.516. The van der Waals surface area contributed by atoms with E-state index in [-0.39, 0.29) is 36.6 Å². The Balaban J connectivity index is 1.86. The maximum absolute atomic E-state index is 15.6. The summed E-state index contributed by atoms with van der Waals surface area (Å²) in [6.07, 6.45) is -0.915. The molecule has 1 atom stereocenters. The molecule has 2 aliphatic heterocycles. The van der Waals surface area contributed by atoms with Gasteiger partial charge in [-0.3, -0.25) is 14.8 Å². The van der Waals surface area contributed by atoms with E-state index >= 15 is 4.39 Å². The van der Waals surface area contributed by atoms with Crippen LogP contribution >= 0.6 is 0 Å². The van der Waals surface area contributed by atoms with Crippen LogP contribution in [0.3, 0.4) is 0 Å². The van der Waals surface area contributed by atoms with Crippen LogP contribution in [0.25, 0.3) is 0 Å². The maximum atomic E-state index is 15.6. The minimum Gasteiger partial charge on any atom is -0.443 e. The molecule has 2 aromatic rings. The molecule has 0 unspecified atom stereocenters. The lowest BCUT2D eigenvalue weighted by Gasteiger charge is -2.49. The van der Waals surface area contributed by atoms with Gasteiger partial charge in [-0.1, -0.05) is 12.1 Å². The number of amides is 2. The second kappa shape index (κ2) is 11.3. The lowest BCUT2D eigenvalue weighted by Crippen LogP contribution is -2.75. The zero-order valence-electron chi connectivity index (χ0n) is 26.3. The molecule has 44 heavy (non-hydrogen) atoms. The highest BCUT2D eigenvalue weighted by atomic mass is 32.2. The molecule has 0 aliphatic carbocycles. The van der Waals surface area contributed by atoms with Crippen molar-refractivity contribution in [2.45, 2.75) is 83.3 Å². The van der Waals surface area contributed by atoms with Crippen molar-refractivity contribution >= 4 is 33.6 Å². The number of sulfone groups is 1. The number of halogens is 1. The van der Waals surface area contributed by atoms with Crippen LogP contribution in [0.1, 0.15) is 75.6 Å². The first-order valence-electron chi connectivity index (χ1n) is 14.2. The highest BCUT2D eigenvalue weighted by Crippen LogP contribution is 2.42. The first-order chi connectivity index (χ1) is 20.2. The summed E-state index contributed by atoms with van der Waals surface area (Å²) < 4.78 is 52.9. The third-order valence-electron chi connectivity index (χ3n) is 7.18. The minimum atomic E-state index is -4.18. The largest absolute Gasteiger partial charge is 0.443 e. The Morgan fingerprint density at radius 3 is 2.07 bits per heavy atom. The molecule has 11 nitrogen and oxygen atoms in total. The third-order valence-corrected chi connectivity index (χ3v) is 9.79. The number of ketones is 1. The van der Waals surface area contributed by atoms with Gasteiger partial charge < -0.3 is 14.8 Å². The third kappa shape index (κ3) is 6.68. The van der Waals surface area contributed by atoms with Crippen molar-refractivity contribution in [1.29, 1.82) is 0 Å². The predicted molar refractivity (Wildman–Crippen MR) is 162 cm³/mol. The van der Waals surface area contributed by atoms with Gasteiger partial charge in [0.1, 0.15) is 34.1 Å². The molecule has 3 heterocycles. The van der Waals surface area contributed by atoms with E-state index in [1.165, 1.54) is 19.1 Å². The van der Waals surface area contributed by atoms with E-state index in [2.05, 4.69) is 10.3 Å². The van der Waals surface area contributed by atoms with Crippen LogP contribution in [0.2, 0.25) is 0 Å². The quantitative estimate of drug-likeness (QED) is 0.483. The summed E-state index contributed by atoms with van der Waals surface area (Å²) in [5, 5.41) is 2.91. The molecule has 2 amide bonds. The van der Waals surface area contributed by atoms with Crippen molar-refractivity contribution in [2.24, 2.45) is 4.99 Å².